The Bertz CT molecular complexity index is 477. The minimum absolute atomic E-state index is 0.268. The Hall–Kier alpha value is -2.21. The van der Waals surface area contributed by atoms with Gasteiger partial charge in [-0.3, -0.25) is 4.79 Å². The molecule has 0 unspecified atom stereocenters. The number of aromatic nitrogens is 3. The minimum atomic E-state index is -0.278. The van der Waals surface area contributed by atoms with E-state index >= 15 is 0 Å². The van der Waals surface area contributed by atoms with Gasteiger partial charge in [-0.2, -0.15) is 15.4 Å². The fourth-order valence-electron chi connectivity index (χ4n) is 1.42. The SMILES string of the molecule is CNCc1ccc(NC(=O)c2cn[nH]n2)cc1. The average molecular weight is 231 g/mol. The number of benzene rings is 1. The summed E-state index contributed by atoms with van der Waals surface area (Å²) >= 11 is 0. The zero-order valence-electron chi connectivity index (χ0n) is 9.40. The Kier molecular flexibility index (Phi) is 3.46. The van der Waals surface area contributed by atoms with E-state index in [0.29, 0.717) is 0 Å². The van der Waals surface area contributed by atoms with Gasteiger partial charge in [-0.15, -0.1) is 0 Å². The molecule has 0 aliphatic heterocycles. The summed E-state index contributed by atoms with van der Waals surface area (Å²) in [5.74, 6) is -0.278. The predicted molar refractivity (Wildman–Crippen MR) is 63.5 cm³/mol. The fraction of sp³-hybridized carbons (Fsp3) is 0.182. The highest BCUT2D eigenvalue weighted by atomic mass is 16.2. The lowest BCUT2D eigenvalue weighted by atomic mass is 10.2. The Morgan fingerprint density at radius 1 is 1.35 bits per heavy atom. The molecule has 0 bridgehead atoms. The molecule has 0 fully saturated rings. The molecule has 1 heterocycles. The van der Waals surface area contributed by atoms with Crippen LogP contribution in [-0.2, 0) is 6.54 Å². The van der Waals surface area contributed by atoms with Gasteiger partial charge in [0.2, 0.25) is 0 Å². The number of hydrogen-bond acceptors (Lipinski definition) is 4. The first-order chi connectivity index (χ1) is 8.29. The van der Waals surface area contributed by atoms with Gasteiger partial charge >= 0.3 is 0 Å². The summed E-state index contributed by atoms with van der Waals surface area (Å²) in [6.07, 6.45) is 1.38. The van der Waals surface area contributed by atoms with Gasteiger partial charge in [0.05, 0.1) is 6.20 Å². The molecule has 0 saturated carbocycles. The number of nitrogens with one attached hydrogen (secondary N) is 3. The number of anilines is 1. The molecule has 17 heavy (non-hydrogen) atoms. The molecule has 1 amide bonds. The molecule has 6 nitrogen and oxygen atoms in total. The first-order valence-corrected chi connectivity index (χ1v) is 5.20. The topological polar surface area (TPSA) is 82.7 Å². The van der Waals surface area contributed by atoms with E-state index in [1.807, 2.05) is 31.3 Å². The van der Waals surface area contributed by atoms with Gasteiger partial charge in [0.25, 0.3) is 5.91 Å². The van der Waals surface area contributed by atoms with E-state index in [0.717, 1.165) is 17.8 Å². The molecule has 88 valence electrons. The number of H-pyrrole nitrogens is 1. The van der Waals surface area contributed by atoms with E-state index in [4.69, 9.17) is 0 Å². The van der Waals surface area contributed by atoms with Gasteiger partial charge in [0, 0.05) is 12.2 Å². The van der Waals surface area contributed by atoms with Crippen molar-refractivity contribution in [1.82, 2.24) is 20.7 Å². The zero-order valence-corrected chi connectivity index (χ0v) is 9.40. The summed E-state index contributed by atoms with van der Waals surface area (Å²) in [6, 6.07) is 7.61. The van der Waals surface area contributed by atoms with E-state index in [1.54, 1.807) is 0 Å². The highest BCUT2D eigenvalue weighted by Gasteiger charge is 2.08. The quantitative estimate of drug-likeness (QED) is 0.726. The van der Waals surface area contributed by atoms with Gasteiger partial charge in [-0.05, 0) is 24.7 Å². The van der Waals surface area contributed by atoms with Crippen molar-refractivity contribution in [2.45, 2.75) is 6.54 Å². The third kappa shape index (κ3) is 2.88. The number of hydrogen-bond donors (Lipinski definition) is 3. The summed E-state index contributed by atoms with van der Waals surface area (Å²) in [5, 5.41) is 15.5. The van der Waals surface area contributed by atoms with Gasteiger partial charge in [0.15, 0.2) is 5.69 Å². The van der Waals surface area contributed by atoms with Gasteiger partial charge in [-0.1, -0.05) is 12.1 Å². The zero-order chi connectivity index (χ0) is 12.1. The molecule has 0 aliphatic rings. The maximum Gasteiger partial charge on any atom is 0.277 e. The monoisotopic (exact) mass is 231 g/mol. The normalized spacial score (nSPS) is 10.2. The standard InChI is InChI=1S/C11H13N5O/c1-12-6-8-2-4-9(5-3-8)14-11(17)10-7-13-16-15-10/h2-5,7,12H,6H2,1H3,(H,14,17)(H,13,15,16). The highest BCUT2D eigenvalue weighted by Crippen LogP contribution is 2.10. The van der Waals surface area contributed by atoms with E-state index < -0.39 is 0 Å². The molecule has 6 heteroatoms. The van der Waals surface area contributed by atoms with Crippen LogP contribution in [0.2, 0.25) is 0 Å². The minimum Gasteiger partial charge on any atom is -0.321 e. The lowest BCUT2D eigenvalue weighted by Gasteiger charge is -2.04. The number of rotatable bonds is 4. The van der Waals surface area contributed by atoms with Crippen molar-refractivity contribution in [1.29, 1.82) is 0 Å². The lowest BCUT2D eigenvalue weighted by molar-refractivity contribution is 0.102. The van der Waals surface area contributed by atoms with Crippen LogP contribution in [0.5, 0.6) is 0 Å². The molecular formula is C11H13N5O. The second kappa shape index (κ2) is 5.22. The van der Waals surface area contributed by atoms with Crippen molar-refractivity contribution < 1.29 is 4.79 Å². The number of aromatic amines is 1. The maximum absolute atomic E-state index is 11.6. The van der Waals surface area contributed by atoms with E-state index in [9.17, 15) is 4.79 Å². The third-order valence-electron chi connectivity index (χ3n) is 2.24. The molecule has 1 aromatic heterocycles. The van der Waals surface area contributed by atoms with Crippen LogP contribution in [0.1, 0.15) is 16.1 Å². The van der Waals surface area contributed by atoms with Gasteiger partial charge in [-0.25, -0.2) is 0 Å². The molecule has 0 radical (unpaired) electrons. The van der Waals surface area contributed by atoms with Crippen molar-refractivity contribution in [2.24, 2.45) is 0 Å². The average Bonchev–Trinajstić information content (AvgIpc) is 2.86. The van der Waals surface area contributed by atoms with Crippen LogP contribution in [0, 0.1) is 0 Å². The molecule has 0 saturated heterocycles. The number of carbonyl (C=O) groups excluding carboxylic acids is 1. The molecule has 0 atom stereocenters. The van der Waals surface area contributed by atoms with Crippen molar-refractivity contribution in [3.8, 4) is 0 Å². The summed E-state index contributed by atoms with van der Waals surface area (Å²) in [7, 11) is 1.89. The smallest absolute Gasteiger partial charge is 0.277 e. The van der Waals surface area contributed by atoms with Crippen LogP contribution in [0.25, 0.3) is 0 Å². The Balaban J connectivity index is 2.01. The maximum atomic E-state index is 11.6. The Morgan fingerprint density at radius 3 is 2.71 bits per heavy atom. The van der Waals surface area contributed by atoms with Crippen molar-refractivity contribution in [3.05, 3.63) is 41.7 Å². The Labute approximate surface area is 98.4 Å². The molecule has 2 aromatic rings. The second-order valence-corrected chi connectivity index (χ2v) is 3.54. The van der Waals surface area contributed by atoms with Crippen molar-refractivity contribution in [2.75, 3.05) is 12.4 Å². The predicted octanol–water partition coefficient (Wildman–Crippen LogP) is 0.776. The number of amides is 1. The molecule has 0 aliphatic carbocycles. The van der Waals surface area contributed by atoms with Crippen LogP contribution in [0.3, 0.4) is 0 Å². The Morgan fingerprint density at radius 2 is 2.12 bits per heavy atom. The molecular weight excluding hydrogens is 218 g/mol. The van der Waals surface area contributed by atoms with Crippen LogP contribution in [-0.4, -0.2) is 28.4 Å². The summed E-state index contributed by atoms with van der Waals surface area (Å²) in [6.45, 7) is 0.803. The number of carbonyl (C=O) groups is 1. The van der Waals surface area contributed by atoms with Crippen LogP contribution >= 0.6 is 0 Å². The van der Waals surface area contributed by atoms with Gasteiger partial charge < -0.3 is 10.6 Å². The van der Waals surface area contributed by atoms with Crippen LogP contribution < -0.4 is 10.6 Å². The van der Waals surface area contributed by atoms with E-state index in [2.05, 4.69) is 26.0 Å². The van der Waals surface area contributed by atoms with Gasteiger partial charge in [0.1, 0.15) is 0 Å². The second-order valence-electron chi connectivity index (χ2n) is 3.54. The highest BCUT2D eigenvalue weighted by molar-refractivity contribution is 6.02. The molecule has 1 aromatic carbocycles. The summed E-state index contributed by atoms with van der Waals surface area (Å²) in [5.41, 5.74) is 2.16. The van der Waals surface area contributed by atoms with Crippen molar-refractivity contribution in [3.63, 3.8) is 0 Å². The van der Waals surface area contributed by atoms with Crippen molar-refractivity contribution >= 4 is 11.6 Å². The van der Waals surface area contributed by atoms with E-state index in [-0.39, 0.29) is 11.6 Å². The molecule has 2 rings (SSSR count). The lowest BCUT2D eigenvalue weighted by Crippen LogP contribution is -2.12. The first-order valence-electron chi connectivity index (χ1n) is 5.20. The fourth-order valence-corrected chi connectivity index (χ4v) is 1.42. The third-order valence-corrected chi connectivity index (χ3v) is 2.24. The van der Waals surface area contributed by atoms with Crippen LogP contribution in [0.4, 0.5) is 5.69 Å². The van der Waals surface area contributed by atoms with Crippen LogP contribution in [0.15, 0.2) is 30.5 Å². The molecule has 3 N–H and O–H groups in total. The summed E-state index contributed by atoms with van der Waals surface area (Å²) < 4.78 is 0. The van der Waals surface area contributed by atoms with E-state index in [1.165, 1.54) is 6.20 Å². The largest absolute Gasteiger partial charge is 0.321 e. The summed E-state index contributed by atoms with van der Waals surface area (Å²) in [4.78, 5) is 11.6. The number of nitrogens with zero attached hydrogens (tertiary/aromatic N) is 2. The molecule has 0 spiro atoms. The first kappa shape index (κ1) is 11.3.